The van der Waals surface area contributed by atoms with E-state index in [4.69, 9.17) is 15.0 Å². The number of rotatable bonds is 4. The summed E-state index contributed by atoms with van der Waals surface area (Å²) in [4.78, 5) is 15.1. The number of benzene rings is 5. The fraction of sp³-hybridized carbons (Fsp3) is 0. The molecule has 0 atom stereocenters. The molecule has 206 valence electrons. The topological polar surface area (TPSA) is 48.0 Å². The van der Waals surface area contributed by atoms with Crippen LogP contribution in [0.5, 0.6) is 0 Å². The van der Waals surface area contributed by atoms with Gasteiger partial charge in [0, 0.05) is 33.8 Å². The third-order valence-corrected chi connectivity index (χ3v) is 8.35. The van der Waals surface area contributed by atoms with Gasteiger partial charge in [0.2, 0.25) is 0 Å². The molecule has 0 saturated heterocycles. The van der Waals surface area contributed by atoms with Crippen molar-refractivity contribution in [3.63, 3.8) is 0 Å². The third kappa shape index (κ3) is 3.83. The molecule has 0 saturated carbocycles. The van der Waals surface area contributed by atoms with Crippen molar-refractivity contribution in [1.29, 1.82) is 0 Å². The van der Waals surface area contributed by atoms with E-state index in [0.717, 1.165) is 78.1 Å². The Balaban J connectivity index is 1.15. The van der Waals surface area contributed by atoms with Crippen LogP contribution in [-0.2, 0) is 0 Å². The normalized spacial score (nSPS) is 11.6. The van der Waals surface area contributed by atoms with E-state index < -0.39 is 0 Å². The maximum Gasteiger partial charge on any atom is 0.165 e. The predicted molar refractivity (Wildman–Crippen MR) is 179 cm³/mol. The molecule has 5 aromatic carbocycles. The first-order chi connectivity index (χ1) is 21.8. The molecular weight excluding hydrogens is 538 g/mol. The van der Waals surface area contributed by atoms with Crippen LogP contribution in [0.1, 0.15) is 0 Å². The Hall–Kier alpha value is -6.07. The lowest BCUT2D eigenvalue weighted by Gasteiger charge is -2.11. The second-order valence-corrected chi connectivity index (χ2v) is 11.0. The van der Waals surface area contributed by atoms with E-state index in [1.807, 2.05) is 36.5 Å². The summed E-state index contributed by atoms with van der Waals surface area (Å²) >= 11 is 0. The summed E-state index contributed by atoms with van der Waals surface area (Å²) in [6.45, 7) is 0. The van der Waals surface area contributed by atoms with E-state index >= 15 is 0 Å². The van der Waals surface area contributed by atoms with Crippen LogP contribution in [0.25, 0.3) is 78.1 Å². The fourth-order valence-electron chi connectivity index (χ4n) is 6.27. The molecule has 0 N–H and O–H groups in total. The molecule has 44 heavy (non-hydrogen) atoms. The van der Waals surface area contributed by atoms with Crippen molar-refractivity contribution >= 4 is 38.6 Å². The predicted octanol–water partition coefficient (Wildman–Crippen LogP) is 9.38. The summed E-state index contributed by atoms with van der Waals surface area (Å²) < 4.78 is 4.30. The lowest BCUT2D eigenvalue weighted by atomic mass is 9.98. The van der Waals surface area contributed by atoms with E-state index in [1.165, 1.54) is 0 Å². The van der Waals surface area contributed by atoms with Gasteiger partial charge in [-0.15, -0.1) is 0 Å². The Morgan fingerprint density at radius 3 is 2.09 bits per heavy atom. The van der Waals surface area contributed by atoms with E-state index in [1.54, 1.807) is 0 Å². The fourth-order valence-corrected chi connectivity index (χ4v) is 6.27. The zero-order valence-electron chi connectivity index (χ0n) is 23.7. The summed E-state index contributed by atoms with van der Waals surface area (Å²) in [6, 6.07) is 50.5. The summed E-state index contributed by atoms with van der Waals surface area (Å²) in [6.07, 6.45) is 2.03. The minimum Gasteiger partial charge on any atom is -0.292 e. The first-order valence-corrected chi connectivity index (χ1v) is 14.7. The number of aromatic nitrogens is 5. The van der Waals surface area contributed by atoms with Crippen LogP contribution in [0.15, 0.2) is 152 Å². The second-order valence-electron chi connectivity index (χ2n) is 11.0. The van der Waals surface area contributed by atoms with Crippen molar-refractivity contribution in [3.8, 4) is 39.5 Å². The first-order valence-electron chi connectivity index (χ1n) is 14.7. The van der Waals surface area contributed by atoms with Crippen LogP contribution in [0.2, 0.25) is 0 Å². The number of imidazole rings is 2. The Labute approximate surface area is 253 Å². The molecule has 0 amide bonds. The Morgan fingerprint density at radius 2 is 1.20 bits per heavy atom. The molecule has 4 heterocycles. The van der Waals surface area contributed by atoms with Gasteiger partial charge < -0.3 is 0 Å². The van der Waals surface area contributed by atoms with Crippen LogP contribution >= 0.6 is 0 Å². The zero-order chi connectivity index (χ0) is 29.0. The molecule has 5 nitrogen and oxygen atoms in total. The second kappa shape index (κ2) is 9.75. The largest absolute Gasteiger partial charge is 0.292 e. The number of para-hydroxylation sites is 3. The van der Waals surface area contributed by atoms with Crippen molar-refractivity contribution < 1.29 is 0 Å². The molecule has 0 spiro atoms. The molecule has 0 radical (unpaired) electrons. The zero-order valence-corrected chi connectivity index (χ0v) is 23.7. The molecule has 0 aliphatic heterocycles. The lowest BCUT2D eigenvalue weighted by molar-refractivity contribution is 1.10. The van der Waals surface area contributed by atoms with Crippen molar-refractivity contribution in [2.45, 2.75) is 0 Å². The van der Waals surface area contributed by atoms with Crippen molar-refractivity contribution in [2.75, 3.05) is 0 Å². The van der Waals surface area contributed by atoms with Gasteiger partial charge in [-0.3, -0.25) is 8.97 Å². The highest BCUT2D eigenvalue weighted by atomic mass is 15.1. The van der Waals surface area contributed by atoms with Gasteiger partial charge in [-0.1, -0.05) is 103 Å². The molecule has 0 unspecified atom stereocenters. The quantitative estimate of drug-likeness (QED) is 0.214. The van der Waals surface area contributed by atoms with Crippen LogP contribution in [0.3, 0.4) is 0 Å². The monoisotopic (exact) mass is 563 g/mol. The number of pyridine rings is 2. The number of fused-ring (bicyclic) bond motifs is 6. The molecule has 0 aliphatic carbocycles. The van der Waals surface area contributed by atoms with Gasteiger partial charge in [0.05, 0.1) is 16.7 Å². The maximum atomic E-state index is 5.17. The molecule has 4 aromatic heterocycles. The number of nitrogens with zero attached hydrogens (tertiary/aromatic N) is 5. The Kier molecular flexibility index (Phi) is 5.43. The molecule has 0 fully saturated rings. The van der Waals surface area contributed by atoms with Gasteiger partial charge in [-0.2, -0.15) is 0 Å². The minimum absolute atomic E-state index is 0.868. The molecule has 9 rings (SSSR count). The summed E-state index contributed by atoms with van der Waals surface area (Å²) in [7, 11) is 0. The molecule has 9 aromatic rings. The van der Waals surface area contributed by atoms with Crippen LogP contribution in [0, 0.1) is 0 Å². The smallest absolute Gasteiger partial charge is 0.165 e. The maximum absolute atomic E-state index is 5.17. The van der Waals surface area contributed by atoms with Gasteiger partial charge in [0.25, 0.3) is 0 Å². The Morgan fingerprint density at radius 1 is 0.477 bits per heavy atom. The van der Waals surface area contributed by atoms with Crippen LogP contribution in [-0.4, -0.2) is 23.9 Å². The van der Waals surface area contributed by atoms with Gasteiger partial charge in [0.15, 0.2) is 5.65 Å². The van der Waals surface area contributed by atoms with Crippen molar-refractivity contribution in [3.05, 3.63) is 152 Å². The standard InChI is InChI=1S/C39H25N5/c1-2-13-30(14-3-1)44-34-18-7-6-17-33(34)40-38(44)29-12-10-11-28(25-29)26-20-22-27(23-21-26)36-31-15-4-5-16-32(31)37-39(42-36)43-24-9-8-19-35(43)41-37/h1-25H. The highest BCUT2D eigenvalue weighted by molar-refractivity contribution is 6.09. The van der Waals surface area contributed by atoms with Gasteiger partial charge in [0.1, 0.15) is 17.0 Å². The molecule has 5 heteroatoms. The lowest BCUT2D eigenvalue weighted by Crippen LogP contribution is -1.97. The molecular formula is C39H25N5. The van der Waals surface area contributed by atoms with E-state index in [9.17, 15) is 0 Å². The van der Waals surface area contributed by atoms with Crippen molar-refractivity contribution in [1.82, 2.24) is 23.9 Å². The van der Waals surface area contributed by atoms with E-state index in [0.29, 0.717) is 0 Å². The highest BCUT2D eigenvalue weighted by Gasteiger charge is 2.16. The summed E-state index contributed by atoms with van der Waals surface area (Å²) in [5, 5.41) is 2.20. The van der Waals surface area contributed by atoms with Gasteiger partial charge in [-0.05, 0) is 53.6 Å². The third-order valence-electron chi connectivity index (χ3n) is 8.35. The van der Waals surface area contributed by atoms with Crippen LogP contribution in [0.4, 0.5) is 0 Å². The average molecular weight is 564 g/mol. The SMILES string of the molecule is c1ccc(-n2c(-c3cccc(-c4ccc(-c5nc6c(nc7ccccn76)c6ccccc56)cc4)c3)nc3ccccc32)cc1. The summed E-state index contributed by atoms with van der Waals surface area (Å²) in [5.74, 6) is 0.924. The van der Waals surface area contributed by atoms with Gasteiger partial charge >= 0.3 is 0 Å². The van der Waals surface area contributed by atoms with Crippen molar-refractivity contribution in [2.24, 2.45) is 0 Å². The van der Waals surface area contributed by atoms with Gasteiger partial charge in [-0.25, -0.2) is 15.0 Å². The number of hydrogen-bond donors (Lipinski definition) is 0. The molecule has 0 aliphatic rings. The minimum atomic E-state index is 0.868. The highest BCUT2D eigenvalue weighted by Crippen LogP contribution is 2.35. The summed E-state index contributed by atoms with van der Waals surface area (Å²) in [5.41, 5.74) is 11.2. The average Bonchev–Trinajstić information content (AvgIpc) is 3.68. The first kappa shape index (κ1) is 24.5. The van der Waals surface area contributed by atoms with E-state index in [2.05, 4.69) is 124 Å². The van der Waals surface area contributed by atoms with E-state index in [-0.39, 0.29) is 0 Å². The van der Waals surface area contributed by atoms with Crippen LogP contribution < -0.4 is 0 Å². The number of hydrogen-bond acceptors (Lipinski definition) is 3. The Bertz CT molecular complexity index is 2490. The molecule has 0 bridgehead atoms.